The quantitative estimate of drug-likeness (QED) is 0.695. The third-order valence-electron chi connectivity index (χ3n) is 3.62. The van der Waals surface area contributed by atoms with Gasteiger partial charge in [-0.15, -0.1) is 0 Å². The van der Waals surface area contributed by atoms with E-state index in [1.807, 2.05) is 0 Å². The molecule has 0 amide bonds. The molecule has 1 aliphatic carbocycles. The fourth-order valence-corrected chi connectivity index (χ4v) is 2.62. The molecule has 0 aliphatic heterocycles. The molecular weight excluding hydrogens is 230 g/mol. The van der Waals surface area contributed by atoms with Gasteiger partial charge in [0.25, 0.3) is 0 Å². The van der Waals surface area contributed by atoms with Crippen LogP contribution in [0, 0.1) is 5.41 Å². The van der Waals surface area contributed by atoms with Gasteiger partial charge in [0.2, 0.25) is 0 Å². The first kappa shape index (κ1) is 12.3. The minimum atomic E-state index is 0.308. The summed E-state index contributed by atoms with van der Waals surface area (Å²) >= 11 is 0. The normalized spacial score (nSPS) is 13.0. The number of hydrogen-bond donors (Lipinski definition) is 1. The Morgan fingerprint density at radius 1 is 0.947 bits per heavy atom. The first-order valence-corrected chi connectivity index (χ1v) is 6.98. The lowest BCUT2D eigenvalue weighted by Crippen LogP contribution is -2.18. The van der Waals surface area contributed by atoms with Crippen molar-refractivity contribution < 1.29 is 0 Å². The zero-order valence-corrected chi connectivity index (χ0v) is 12.0. The Hall–Kier alpha value is -1.76. The molecule has 0 unspecified atom stereocenters. The largest absolute Gasteiger partial charge is 0.385 e. The first-order valence-electron chi connectivity index (χ1n) is 6.98. The van der Waals surface area contributed by atoms with Gasteiger partial charge in [-0.25, -0.2) is 0 Å². The van der Waals surface area contributed by atoms with Crippen LogP contribution in [0.1, 0.15) is 31.9 Å². The van der Waals surface area contributed by atoms with Gasteiger partial charge in [0.15, 0.2) is 0 Å². The predicted octanol–water partition coefficient (Wildman–Crippen LogP) is 4.72. The molecule has 2 aromatic carbocycles. The fraction of sp³-hybridized carbons (Fsp3) is 0.333. The zero-order chi connectivity index (χ0) is 13.5. The zero-order valence-electron chi connectivity index (χ0n) is 12.0. The van der Waals surface area contributed by atoms with Crippen molar-refractivity contribution >= 4 is 5.69 Å². The second-order valence-electron chi connectivity index (χ2n) is 6.62. The summed E-state index contributed by atoms with van der Waals surface area (Å²) in [5.41, 5.74) is 7.24. The Morgan fingerprint density at radius 2 is 1.68 bits per heavy atom. The van der Waals surface area contributed by atoms with Gasteiger partial charge >= 0.3 is 0 Å². The smallest absolute Gasteiger partial charge is 0.0343 e. The molecule has 3 rings (SSSR count). The van der Waals surface area contributed by atoms with E-state index in [1.54, 1.807) is 0 Å². The molecule has 0 saturated carbocycles. The minimum absolute atomic E-state index is 0.308. The second-order valence-corrected chi connectivity index (χ2v) is 6.62. The van der Waals surface area contributed by atoms with Crippen LogP contribution in [-0.2, 0) is 6.42 Å². The molecule has 1 N–H and O–H groups in total. The highest BCUT2D eigenvalue weighted by Gasteiger charge is 2.18. The van der Waals surface area contributed by atoms with E-state index in [0.29, 0.717) is 5.41 Å². The minimum Gasteiger partial charge on any atom is -0.385 e. The highest BCUT2D eigenvalue weighted by atomic mass is 14.9. The van der Waals surface area contributed by atoms with Crippen LogP contribution in [0.2, 0.25) is 0 Å². The molecule has 1 heteroatoms. The molecule has 1 aliphatic rings. The van der Waals surface area contributed by atoms with E-state index < -0.39 is 0 Å². The van der Waals surface area contributed by atoms with Crippen molar-refractivity contribution in [3.8, 4) is 11.1 Å². The van der Waals surface area contributed by atoms with Crippen LogP contribution >= 0.6 is 0 Å². The molecule has 0 saturated heterocycles. The summed E-state index contributed by atoms with van der Waals surface area (Å²) < 4.78 is 0. The average Bonchev–Trinajstić information content (AvgIpc) is 2.73. The fourth-order valence-electron chi connectivity index (χ4n) is 2.62. The van der Waals surface area contributed by atoms with Gasteiger partial charge in [-0.2, -0.15) is 0 Å². The van der Waals surface area contributed by atoms with Crippen molar-refractivity contribution in [1.29, 1.82) is 0 Å². The molecule has 0 bridgehead atoms. The summed E-state index contributed by atoms with van der Waals surface area (Å²) in [4.78, 5) is 0. The molecular formula is C18H21N. The molecule has 0 atom stereocenters. The number of hydrogen-bond acceptors (Lipinski definition) is 1. The van der Waals surface area contributed by atoms with Gasteiger partial charge in [-0.05, 0) is 46.2 Å². The Labute approximate surface area is 115 Å². The standard InChI is InChI=1S/C18H21N/c1-18(2,3)12-19-15-8-9-17-14(11-15)10-13-6-4-5-7-16(13)17/h4-9,11,19H,10,12H2,1-3H3. The third kappa shape index (κ3) is 2.51. The predicted molar refractivity (Wildman–Crippen MR) is 82.6 cm³/mol. The average molecular weight is 251 g/mol. The van der Waals surface area contributed by atoms with Crippen LogP contribution in [0.15, 0.2) is 42.5 Å². The van der Waals surface area contributed by atoms with E-state index in [-0.39, 0.29) is 0 Å². The second kappa shape index (κ2) is 4.41. The van der Waals surface area contributed by atoms with Gasteiger partial charge in [0.05, 0.1) is 0 Å². The molecule has 1 nitrogen and oxygen atoms in total. The molecule has 0 fully saturated rings. The van der Waals surface area contributed by atoms with E-state index in [0.717, 1.165) is 13.0 Å². The first-order chi connectivity index (χ1) is 9.03. The maximum Gasteiger partial charge on any atom is 0.0343 e. The maximum absolute atomic E-state index is 3.54. The van der Waals surface area contributed by atoms with E-state index >= 15 is 0 Å². The van der Waals surface area contributed by atoms with Crippen LogP contribution in [0.5, 0.6) is 0 Å². The van der Waals surface area contributed by atoms with Crippen LogP contribution in [-0.4, -0.2) is 6.54 Å². The van der Waals surface area contributed by atoms with Gasteiger partial charge in [-0.3, -0.25) is 0 Å². The number of rotatable bonds is 2. The lowest BCUT2D eigenvalue weighted by molar-refractivity contribution is 0.443. The Morgan fingerprint density at radius 3 is 2.47 bits per heavy atom. The van der Waals surface area contributed by atoms with Crippen molar-refractivity contribution in [3.05, 3.63) is 53.6 Å². The number of benzene rings is 2. The van der Waals surface area contributed by atoms with Gasteiger partial charge < -0.3 is 5.32 Å². The highest BCUT2D eigenvalue weighted by Crippen LogP contribution is 2.37. The molecule has 19 heavy (non-hydrogen) atoms. The summed E-state index contributed by atoms with van der Waals surface area (Å²) in [5, 5.41) is 3.54. The topological polar surface area (TPSA) is 12.0 Å². The monoisotopic (exact) mass is 251 g/mol. The lowest BCUT2D eigenvalue weighted by Gasteiger charge is -2.20. The summed E-state index contributed by atoms with van der Waals surface area (Å²) in [6.45, 7) is 7.76. The third-order valence-corrected chi connectivity index (χ3v) is 3.62. The van der Waals surface area contributed by atoms with E-state index in [2.05, 4.69) is 68.6 Å². The Bertz CT molecular complexity index is 605. The van der Waals surface area contributed by atoms with Gasteiger partial charge in [0, 0.05) is 12.2 Å². The van der Waals surface area contributed by atoms with Crippen molar-refractivity contribution in [2.45, 2.75) is 27.2 Å². The van der Waals surface area contributed by atoms with Gasteiger partial charge in [-0.1, -0.05) is 51.1 Å². The van der Waals surface area contributed by atoms with Crippen LogP contribution in [0.25, 0.3) is 11.1 Å². The molecule has 2 aromatic rings. The number of fused-ring (bicyclic) bond motifs is 3. The van der Waals surface area contributed by atoms with E-state index in [4.69, 9.17) is 0 Å². The van der Waals surface area contributed by atoms with Crippen LogP contribution in [0.4, 0.5) is 5.69 Å². The highest BCUT2D eigenvalue weighted by molar-refractivity contribution is 5.78. The summed E-state index contributed by atoms with van der Waals surface area (Å²) in [6.07, 6.45) is 1.07. The maximum atomic E-state index is 3.54. The van der Waals surface area contributed by atoms with Crippen molar-refractivity contribution in [2.24, 2.45) is 5.41 Å². The summed E-state index contributed by atoms with van der Waals surface area (Å²) in [5.74, 6) is 0. The molecule has 0 spiro atoms. The van der Waals surface area contributed by atoms with Gasteiger partial charge in [0.1, 0.15) is 0 Å². The van der Waals surface area contributed by atoms with Crippen molar-refractivity contribution in [2.75, 3.05) is 11.9 Å². The lowest BCUT2D eigenvalue weighted by atomic mass is 9.96. The van der Waals surface area contributed by atoms with Crippen molar-refractivity contribution in [3.63, 3.8) is 0 Å². The van der Waals surface area contributed by atoms with E-state index in [1.165, 1.54) is 27.9 Å². The Balaban J connectivity index is 1.85. The molecule has 98 valence electrons. The van der Waals surface area contributed by atoms with Crippen molar-refractivity contribution in [1.82, 2.24) is 0 Å². The van der Waals surface area contributed by atoms with Crippen LogP contribution < -0.4 is 5.32 Å². The molecule has 0 aromatic heterocycles. The SMILES string of the molecule is CC(C)(C)CNc1ccc2c(c1)Cc1ccccc1-2. The Kier molecular flexibility index (Phi) is 2.85. The van der Waals surface area contributed by atoms with Crippen LogP contribution in [0.3, 0.4) is 0 Å². The molecule has 0 heterocycles. The molecule has 0 radical (unpaired) electrons. The summed E-state index contributed by atoms with van der Waals surface area (Å²) in [7, 11) is 0. The number of anilines is 1. The summed E-state index contributed by atoms with van der Waals surface area (Å²) in [6, 6.07) is 15.5. The number of nitrogens with one attached hydrogen (secondary N) is 1. The van der Waals surface area contributed by atoms with E-state index in [9.17, 15) is 0 Å².